The monoisotopic (exact) mass is 617 g/mol. The summed E-state index contributed by atoms with van der Waals surface area (Å²) in [5.41, 5.74) is 9.36. The van der Waals surface area contributed by atoms with Crippen LogP contribution in [0, 0.1) is 25.7 Å². The second-order valence-corrected chi connectivity index (χ2v) is 12.3. The maximum absolute atomic E-state index is 14.4. The largest absolute Gasteiger partial charge is 0.274 e. The van der Waals surface area contributed by atoms with Gasteiger partial charge in [0.15, 0.2) is 0 Å². The van der Waals surface area contributed by atoms with Gasteiger partial charge in [-0.15, -0.1) is 0 Å². The second-order valence-electron chi connectivity index (χ2n) is 11.4. The Morgan fingerprint density at radius 3 is 2.17 bits per heavy atom. The van der Waals surface area contributed by atoms with E-state index in [-0.39, 0.29) is 30.1 Å². The molecular weight excluding hydrogens is 590 g/mol. The molecule has 6 nitrogen and oxygen atoms in total. The smallest absolute Gasteiger partial charge is 0.244 e. The second kappa shape index (κ2) is 9.88. The van der Waals surface area contributed by atoms with Crippen molar-refractivity contribution in [2.24, 2.45) is 16.9 Å². The van der Waals surface area contributed by atoms with Crippen molar-refractivity contribution in [2.75, 3.05) is 4.90 Å². The fraction of sp³-hybridized carbons (Fsp3) is 0.200. The van der Waals surface area contributed by atoms with E-state index in [9.17, 15) is 14.4 Å². The van der Waals surface area contributed by atoms with Gasteiger partial charge in [0.1, 0.15) is 0 Å². The maximum atomic E-state index is 14.4. The minimum atomic E-state index is -1.03. The molecule has 0 spiro atoms. The highest BCUT2D eigenvalue weighted by molar-refractivity contribution is 9.10. The van der Waals surface area contributed by atoms with E-state index in [0.29, 0.717) is 5.69 Å². The van der Waals surface area contributed by atoms with Crippen LogP contribution in [-0.4, -0.2) is 23.9 Å². The van der Waals surface area contributed by atoms with Gasteiger partial charge in [0.25, 0.3) is 0 Å². The zero-order valence-corrected chi connectivity index (χ0v) is 24.8. The molecule has 0 unspecified atom stereocenters. The summed E-state index contributed by atoms with van der Waals surface area (Å²) in [5, 5.41) is 4.51. The average Bonchev–Trinajstić information content (AvgIpc) is 3.26. The van der Waals surface area contributed by atoms with Crippen molar-refractivity contribution < 1.29 is 14.4 Å². The highest BCUT2D eigenvalue weighted by Crippen LogP contribution is 2.63. The molecule has 4 aliphatic rings. The summed E-state index contributed by atoms with van der Waals surface area (Å²) in [6.45, 7) is 4.06. The van der Waals surface area contributed by atoms with Crippen molar-refractivity contribution in [3.8, 4) is 0 Å². The molecule has 42 heavy (non-hydrogen) atoms. The molecule has 1 fully saturated rings. The van der Waals surface area contributed by atoms with E-state index in [0.717, 1.165) is 37.9 Å². The van der Waals surface area contributed by atoms with Gasteiger partial charge in [-0.25, -0.2) is 10.3 Å². The van der Waals surface area contributed by atoms with Crippen LogP contribution in [-0.2, 0) is 26.2 Å². The number of aryl methyl sites for hydroxylation is 2. The number of carbonyl (C=O) groups is 3. The van der Waals surface area contributed by atoms with Gasteiger partial charge >= 0.3 is 0 Å². The van der Waals surface area contributed by atoms with Gasteiger partial charge in [-0.3, -0.25) is 14.4 Å². The Morgan fingerprint density at radius 1 is 0.881 bits per heavy atom. The molecule has 2 atom stereocenters. The van der Waals surface area contributed by atoms with Crippen molar-refractivity contribution >= 4 is 45.6 Å². The van der Waals surface area contributed by atoms with Crippen LogP contribution in [0.4, 0.5) is 5.69 Å². The van der Waals surface area contributed by atoms with E-state index < -0.39 is 17.3 Å². The molecule has 1 aliphatic heterocycles. The third kappa shape index (κ3) is 3.83. The van der Waals surface area contributed by atoms with Gasteiger partial charge in [0.05, 0.1) is 29.4 Å². The molecule has 7 heteroatoms. The molecule has 8 rings (SSSR count). The van der Waals surface area contributed by atoms with E-state index in [4.69, 9.17) is 0 Å². The lowest BCUT2D eigenvalue weighted by Crippen LogP contribution is -2.54. The summed E-state index contributed by atoms with van der Waals surface area (Å²) in [4.78, 5) is 42.9. The van der Waals surface area contributed by atoms with Gasteiger partial charge in [-0.1, -0.05) is 82.7 Å². The highest BCUT2D eigenvalue weighted by Gasteiger charge is 2.68. The van der Waals surface area contributed by atoms with Gasteiger partial charge in [0.2, 0.25) is 17.7 Å². The molecule has 3 amide bonds. The molecule has 0 aromatic heterocycles. The number of nitrogens with zero attached hydrogens (tertiary/aromatic N) is 2. The Hall–Kier alpha value is -4.36. The number of carbonyl (C=O) groups excluding carboxylic acids is 3. The minimum absolute atomic E-state index is 0.182. The van der Waals surface area contributed by atoms with Crippen molar-refractivity contribution in [3.63, 3.8) is 0 Å². The van der Waals surface area contributed by atoms with Gasteiger partial charge in [-0.2, -0.15) is 5.10 Å². The predicted octanol–water partition coefficient (Wildman–Crippen LogP) is 5.96. The van der Waals surface area contributed by atoms with Crippen LogP contribution in [0.2, 0.25) is 0 Å². The fourth-order valence-corrected chi connectivity index (χ4v) is 7.50. The summed E-state index contributed by atoms with van der Waals surface area (Å²) in [6, 6.07) is 29.2. The summed E-state index contributed by atoms with van der Waals surface area (Å²) >= 11 is 3.45. The van der Waals surface area contributed by atoms with Crippen LogP contribution in [0.3, 0.4) is 0 Å². The number of amides is 3. The van der Waals surface area contributed by atoms with Crippen molar-refractivity contribution in [3.05, 3.63) is 134 Å². The maximum Gasteiger partial charge on any atom is 0.244 e. The molecule has 208 valence electrons. The molecular formula is C35H28BrN3O3. The van der Waals surface area contributed by atoms with Crippen LogP contribution in [0.25, 0.3) is 0 Å². The molecule has 4 aromatic rings. The van der Waals surface area contributed by atoms with Crippen molar-refractivity contribution in [1.29, 1.82) is 0 Å². The molecule has 0 radical (unpaired) electrons. The lowest BCUT2D eigenvalue weighted by atomic mass is 9.47. The van der Waals surface area contributed by atoms with Gasteiger partial charge < -0.3 is 0 Å². The molecule has 1 N–H and O–H groups in total. The summed E-state index contributed by atoms with van der Waals surface area (Å²) < 4.78 is 0.864. The predicted molar refractivity (Wildman–Crippen MR) is 165 cm³/mol. The third-order valence-electron chi connectivity index (χ3n) is 9.16. The zero-order valence-electron chi connectivity index (χ0n) is 23.2. The van der Waals surface area contributed by atoms with E-state index in [1.54, 1.807) is 18.3 Å². The number of rotatable bonds is 5. The molecule has 1 saturated heterocycles. The summed E-state index contributed by atoms with van der Waals surface area (Å²) in [6.07, 6.45) is 1.88. The zero-order chi connectivity index (χ0) is 29.2. The van der Waals surface area contributed by atoms with Crippen LogP contribution in [0.1, 0.15) is 44.9 Å². The van der Waals surface area contributed by atoms with E-state index in [1.165, 1.54) is 10.5 Å². The number of halogens is 1. The average molecular weight is 619 g/mol. The number of hydrogen-bond donors (Lipinski definition) is 1. The Morgan fingerprint density at radius 2 is 1.52 bits per heavy atom. The Kier molecular flexibility index (Phi) is 6.24. The van der Waals surface area contributed by atoms with Crippen LogP contribution in [0.5, 0.6) is 0 Å². The Labute approximate surface area is 252 Å². The molecule has 0 saturated carbocycles. The first-order valence-corrected chi connectivity index (χ1v) is 14.8. The Bertz CT molecular complexity index is 1770. The van der Waals surface area contributed by atoms with Crippen LogP contribution < -0.4 is 10.3 Å². The van der Waals surface area contributed by atoms with Gasteiger partial charge in [0, 0.05) is 16.6 Å². The first-order chi connectivity index (χ1) is 20.3. The summed E-state index contributed by atoms with van der Waals surface area (Å²) in [5.74, 6) is -2.27. The fourth-order valence-electron chi connectivity index (χ4n) is 7.24. The molecule has 4 aromatic carbocycles. The normalized spacial score (nSPS) is 23.6. The van der Waals surface area contributed by atoms with Crippen molar-refractivity contribution in [2.45, 2.75) is 31.6 Å². The number of hydrogen-bond acceptors (Lipinski definition) is 4. The molecule has 2 bridgehead atoms. The topological polar surface area (TPSA) is 78.8 Å². The number of imide groups is 1. The lowest BCUT2D eigenvalue weighted by molar-refractivity contribution is -0.123. The Balaban J connectivity index is 1.33. The first kappa shape index (κ1) is 26.5. The standard InChI is InChI=1S/C35H28BrN3O3/c1-20-11-12-22(17-21(20)2)18-29(40)38-37-19-35-27-9-5-3-7-25(27)30(26-8-4-6-10-28(26)35)31-32(35)34(42)39(33(31)41)24-15-13-23(36)14-16-24/h3-17,19,30-32H,18H2,1-2H3,(H,38,40)/b37-19-/t30?,31-,32-,35?/m0/s1. The van der Waals surface area contributed by atoms with Crippen LogP contribution >= 0.6 is 15.9 Å². The van der Waals surface area contributed by atoms with Crippen LogP contribution in [0.15, 0.2) is 101 Å². The number of benzene rings is 4. The van der Waals surface area contributed by atoms with E-state index in [2.05, 4.69) is 26.5 Å². The number of hydrazone groups is 1. The molecule has 1 heterocycles. The molecule has 3 aliphatic carbocycles. The van der Waals surface area contributed by atoms with E-state index in [1.807, 2.05) is 92.7 Å². The first-order valence-electron chi connectivity index (χ1n) is 14.0. The van der Waals surface area contributed by atoms with Gasteiger partial charge in [-0.05, 0) is 77.1 Å². The summed E-state index contributed by atoms with van der Waals surface area (Å²) in [7, 11) is 0. The minimum Gasteiger partial charge on any atom is -0.274 e. The van der Waals surface area contributed by atoms with Crippen molar-refractivity contribution in [1.82, 2.24) is 5.43 Å². The number of anilines is 1. The lowest BCUT2D eigenvalue weighted by Gasteiger charge is -2.52. The quantitative estimate of drug-likeness (QED) is 0.170. The SMILES string of the molecule is Cc1ccc(CC(=O)N/N=C\C23c4ccccc4C(c4ccccc42)[C@@H]2C(=O)N(c4ccc(Br)cc4)C(=O)[C@H]23)cc1C. The number of nitrogens with one attached hydrogen (secondary N) is 1. The highest BCUT2D eigenvalue weighted by atomic mass is 79.9. The third-order valence-corrected chi connectivity index (χ3v) is 9.69. The van der Waals surface area contributed by atoms with E-state index >= 15 is 0 Å².